The Balaban J connectivity index is 2.09. The van der Waals surface area contributed by atoms with E-state index >= 15 is 0 Å². The van der Waals surface area contributed by atoms with Gasteiger partial charge in [0.15, 0.2) is 25.1 Å². The first-order chi connectivity index (χ1) is 29.4. The lowest BCUT2D eigenvalue weighted by molar-refractivity contribution is -0.145. The van der Waals surface area contributed by atoms with Crippen LogP contribution in [0.25, 0.3) is 21.9 Å². The van der Waals surface area contributed by atoms with Gasteiger partial charge in [-0.3, -0.25) is 25.2 Å². The summed E-state index contributed by atoms with van der Waals surface area (Å²) < 4.78 is 27.8. The van der Waals surface area contributed by atoms with Gasteiger partial charge in [0, 0.05) is 36.3 Å². The maximum absolute atomic E-state index is 14.5. The molecule has 2 atom stereocenters. The number of aliphatic hydroxyl groups is 1. The van der Waals surface area contributed by atoms with E-state index in [1.54, 1.807) is 6.08 Å². The highest BCUT2D eigenvalue weighted by Gasteiger charge is 2.27. The van der Waals surface area contributed by atoms with Crippen LogP contribution in [0.15, 0.2) is 44.6 Å². The van der Waals surface area contributed by atoms with Gasteiger partial charge in [0.2, 0.25) is 5.43 Å². The van der Waals surface area contributed by atoms with Crippen LogP contribution < -0.4 is 47.6 Å². The number of allylic oxidation sites excluding steroid dienone is 4. The number of nitrogens with two attached hydrogens (primary N) is 2. The molecule has 20 heteroatoms. The summed E-state index contributed by atoms with van der Waals surface area (Å²) in [6.45, 7) is 6.11. The number of hydrogen-bond donors (Lipinski definition) is 10. The molecule has 3 aromatic rings. The molecule has 338 valence electrons. The van der Waals surface area contributed by atoms with Crippen molar-refractivity contribution in [2.75, 3.05) is 40.5 Å². The van der Waals surface area contributed by atoms with Crippen molar-refractivity contribution in [3.05, 3.63) is 62.3 Å². The molecule has 0 aliphatic heterocycles. The Morgan fingerprint density at radius 1 is 0.742 bits per heavy atom. The van der Waals surface area contributed by atoms with E-state index in [9.17, 15) is 34.2 Å². The van der Waals surface area contributed by atoms with Crippen LogP contribution in [0.3, 0.4) is 0 Å². The smallest absolute Gasteiger partial charge is 0.328 e. The van der Waals surface area contributed by atoms with Gasteiger partial charge in [-0.2, -0.15) is 0 Å². The molecule has 0 aliphatic rings. The molecular weight excluding hydrogens is 809 g/mol. The number of amides is 2. The molecule has 0 aliphatic carbocycles. The van der Waals surface area contributed by atoms with Crippen molar-refractivity contribution in [3.63, 3.8) is 0 Å². The molecule has 0 bridgehead atoms. The van der Waals surface area contributed by atoms with Gasteiger partial charge in [-0.05, 0) is 71.8 Å². The maximum atomic E-state index is 14.5. The van der Waals surface area contributed by atoms with Gasteiger partial charge in [-0.15, -0.1) is 0 Å². The second-order valence-corrected chi connectivity index (χ2v) is 14.7. The summed E-state index contributed by atoms with van der Waals surface area (Å²) in [5.74, 6) is -3.70. The minimum Gasteiger partial charge on any atom is -0.507 e. The molecule has 2 amide bonds. The topological polar surface area (TPSA) is 324 Å². The molecule has 2 aromatic carbocycles. The predicted octanol–water partition coefficient (Wildman–Crippen LogP) is 1.76. The van der Waals surface area contributed by atoms with Crippen molar-refractivity contribution >= 4 is 57.6 Å². The standard InChI is InChI=1S/C42H58N8O12/c1-22(2)11-13-24-26(19-51)30(61-21-34(53)50-28(40(57)59-6)10-8-16-48-42(45)46)18-31-35(24)38(55)36-32(62-31)17-29(25(37(36)54)14-12-23(3)4)60-20-33(52)49-27(39(56)58-5)9-7-15-47-41(43)44/h11-12,17-18,27-28,51,54H,7-10,13-16,19-21H2,1-6H3,(H,49,52)(H,50,53)(H4,43,44,47)(H4,45,46,48)/t27-,28-/m0/s1. The van der Waals surface area contributed by atoms with Crippen LogP contribution in [0.5, 0.6) is 17.2 Å². The molecule has 0 unspecified atom stereocenters. The average molecular weight is 867 g/mol. The maximum Gasteiger partial charge on any atom is 0.328 e. The Kier molecular flexibility index (Phi) is 19.0. The van der Waals surface area contributed by atoms with Crippen LogP contribution >= 0.6 is 0 Å². The predicted molar refractivity (Wildman–Crippen MR) is 231 cm³/mol. The molecule has 62 heavy (non-hydrogen) atoms. The van der Waals surface area contributed by atoms with Crippen LogP contribution in [0.2, 0.25) is 0 Å². The Labute approximate surface area is 358 Å². The summed E-state index contributed by atoms with van der Waals surface area (Å²) in [5.41, 5.74) is 12.3. The Bertz CT molecular complexity index is 2260. The van der Waals surface area contributed by atoms with Gasteiger partial charge >= 0.3 is 11.9 Å². The number of esters is 2. The number of guanidine groups is 2. The van der Waals surface area contributed by atoms with Crippen LogP contribution in [-0.4, -0.2) is 98.5 Å². The highest BCUT2D eigenvalue weighted by Crippen LogP contribution is 2.39. The number of carbonyl (C=O) groups excluding carboxylic acids is 4. The molecule has 0 saturated carbocycles. The number of carbonyl (C=O) groups is 4. The minimum atomic E-state index is -1.04. The molecule has 0 radical (unpaired) electrons. The van der Waals surface area contributed by atoms with Crippen molar-refractivity contribution in [2.45, 2.75) is 84.9 Å². The van der Waals surface area contributed by atoms with Crippen molar-refractivity contribution in [3.8, 4) is 17.2 Å². The molecule has 20 nitrogen and oxygen atoms in total. The van der Waals surface area contributed by atoms with Crippen molar-refractivity contribution in [1.29, 1.82) is 10.8 Å². The normalized spacial score (nSPS) is 11.7. The van der Waals surface area contributed by atoms with Crippen molar-refractivity contribution in [1.82, 2.24) is 21.3 Å². The number of benzene rings is 2. The number of fused-ring (bicyclic) bond motifs is 2. The number of aromatic hydroxyl groups is 1. The fraction of sp³-hybridized carbons (Fsp3) is 0.452. The number of phenolic OH excluding ortho intramolecular Hbond substituents is 1. The van der Waals surface area contributed by atoms with E-state index < -0.39 is 66.8 Å². The molecule has 12 N–H and O–H groups in total. The van der Waals surface area contributed by atoms with E-state index in [4.69, 9.17) is 45.7 Å². The summed E-state index contributed by atoms with van der Waals surface area (Å²) in [6, 6.07) is 0.633. The van der Waals surface area contributed by atoms with Crippen LogP contribution in [0, 0.1) is 10.8 Å². The molecule has 1 heterocycles. The van der Waals surface area contributed by atoms with E-state index in [0.717, 1.165) is 11.1 Å². The fourth-order valence-electron chi connectivity index (χ4n) is 6.33. The third-order valence-corrected chi connectivity index (χ3v) is 9.39. The first-order valence-electron chi connectivity index (χ1n) is 19.8. The molecule has 1 aromatic heterocycles. The first-order valence-corrected chi connectivity index (χ1v) is 19.8. The van der Waals surface area contributed by atoms with Gasteiger partial charge in [-0.25, -0.2) is 9.59 Å². The Morgan fingerprint density at radius 2 is 1.18 bits per heavy atom. The number of methoxy groups -OCH3 is 2. The van der Waals surface area contributed by atoms with Gasteiger partial charge in [0.25, 0.3) is 11.8 Å². The lowest BCUT2D eigenvalue weighted by Crippen LogP contribution is -2.44. The van der Waals surface area contributed by atoms with Gasteiger partial charge in [0.05, 0.1) is 26.2 Å². The number of aliphatic hydroxyl groups excluding tert-OH is 1. The van der Waals surface area contributed by atoms with Crippen molar-refractivity contribution < 1.29 is 52.8 Å². The van der Waals surface area contributed by atoms with Gasteiger partial charge in [-0.1, -0.05) is 23.3 Å². The molecular formula is C42H58N8O12. The lowest BCUT2D eigenvalue weighted by Gasteiger charge is -2.19. The number of rotatable bonds is 23. The van der Waals surface area contributed by atoms with E-state index in [1.165, 1.54) is 26.4 Å². The van der Waals surface area contributed by atoms with E-state index in [-0.39, 0.29) is 95.3 Å². The zero-order valence-corrected chi connectivity index (χ0v) is 35.9. The second-order valence-electron chi connectivity index (χ2n) is 14.7. The molecule has 3 rings (SSSR count). The van der Waals surface area contributed by atoms with E-state index in [1.807, 2.05) is 33.8 Å². The highest BCUT2D eigenvalue weighted by molar-refractivity contribution is 5.97. The first kappa shape index (κ1) is 49.5. The summed E-state index contributed by atoms with van der Waals surface area (Å²) in [5, 5.41) is 47.3. The lowest BCUT2D eigenvalue weighted by atomic mass is 9.95. The Hall–Kier alpha value is -6.83. The molecule has 0 spiro atoms. The third-order valence-electron chi connectivity index (χ3n) is 9.39. The average Bonchev–Trinajstić information content (AvgIpc) is 3.21. The Morgan fingerprint density at radius 3 is 1.60 bits per heavy atom. The largest absolute Gasteiger partial charge is 0.507 e. The van der Waals surface area contributed by atoms with E-state index in [0.29, 0.717) is 18.4 Å². The SMILES string of the molecule is COC(=O)[C@H](CCCNC(=N)N)NC(=O)COc1cc2oc3cc(OCC(=O)N[C@@H](CCCNC(=N)N)C(=O)OC)c(CO)c(CC=C(C)C)c3c(=O)c2c(O)c1CC=C(C)C. The summed E-state index contributed by atoms with van der Waals surface area (Å²) in [4.78, 5) is 65.6. The summed E-state index contributed by atoms with van der Waals surface area (Å²) >= 11 is 0. The van der Waals surface area contributed by atoms with Crippen molar-refractivity contribution in [2.24, 2.45) is 11.5 Å². The molecule has 0 fully saturated rings. The van der Waals surface area contributed by atoms with E-state index in [2.05, 4.69) is 21.3 Å². The number of phenols is 1. The zero-order chi connectivity index (χ0) is 46.1. The zero-order valence-electron chi connectivity index (χ0n) is 35.9. The third kappa shape index (κ3) is 14.1. The van der Waals surface area contributed by atoms with Gasteiger partial charge in [0.1, 0.15) is 45.9 Å². The van der Waals surface area contributed by atoms with Crippen LogP contribution in [-0.2, 0) is 48.1 Å². The monoisotopic (exact) mass is 866 g/mol. The number of hydrogen-bond acceptors (Lipinski definition) is 14. The quantitative estimate of drug-likeness (QED) is 0.0162. The second kappa shape index (κ2) is 23.8. The number of ether oxygens (including phenoxy) is 4. The summed E-state index contributed by atoms with van der Waals surface area (Å²) in [6.07, 6.45) is 4.91. The number of nitrogens with one attached hydrogen (secondary N) is 6. The highest BCUT2D eigenvalue weighted by atomic mass is 16.5. The fourth-order valence-corrected chi connectivity index (χ4v) is 6.33. The van der Waals surface area contributed by atoms with Gasteiger partial charge < -0.3 is 66.3 Å². The van der Waals surface area contributed by atoms with Crippen LogP contribution in [0.4, 0.5) is 0 Å². The van der Waals surface area contributed by atoms with Crippen LogP contribution in [0.1, 0.15) is 70.1 Å². The molecule has 0 saturated heterocycles. The summed E-state index contributed by atoms with van der Waals surface area (Å²) in [7, 11) is 2.36. The minimum absolute atomic E-state index is 0.00450.